The Morgan fingerprint density at radius 2 is 0.882 bits per heavy atom. The monoisotopic (exact) mass is 770 g/mol. The highest BCUT2D eigenvalue weighted by molar-refractivity contribution is 4.99. The molecule has 0 aliphatic rings. The molecule has 51 heavy (non-hydrogen) atoms. The molecule has 0 saturated heterocycles. The van der Waals surface area contributed by atoms with E-state index in [1.165, 1.54) is 41.5 Å². The third-order valence-electron chi connectivity index (χ3n) is 8.57. The van der Waals surface area contributed by atoms with Crippen LogP contribution in [-0.2, 0) is 23.7 Å². The standard InChI is InChI=1S/C34H60F10O7/c1-22(27(10,11)33(41,42)51-28(12,13)30(35,36)20-25(6,7)47-18-16-23(2,3)45)49-34(43,44)32(39,40)29(14,15)50-31(37,38)21-26(8,9)48-19-17-24(4,5)46/h22,45-46H,16-21H2,1-15H3. The summed E-state index contributed by atoms with van der Waals surface area (Å²) in [6, 6.07) is 0. The zero-order valence-electron chi connectivity index (χ0n) is 32.5. The zero-order valence-corrected chi connectivity index (χ0v) is 32.5. The third kappa shape index (κ3) is 14.6. The fraction of sp³-hybridized carbons (Fsp3) is 1.00. The summed E-state index contributed by atoms with van der Waals surface area (Å²) < 4.78 is 177. The zero-order chi connectivity index (χ0) is 41.4. The molecule has 0 radical (unpaired) electrons. The van der Waals surface area contributed by atoms with Crippen molar-refractivity contribution in [1.82, 2.24) is 0 Å². The minimum absolute atomic E-state index is 0.0204. The second-order valence-corrected chi connectivity index (χ2v) is 17.4. The number of rotatable bonds is 23. The summed E-state index contributed by atoms with van der Waals surface area (Å²) in [5.74, 6) is -9.63. The average Bonchev–Trinajstić information content (AvgIpc) is 2.78. The maximum atomic E-state index is 15.6. The van der Waals surface area contributed by atoms with Crippen LogP contribution in [0.2, 0.25) is 0 Å². The first kappa shape index (κ1) is 50.0. The lowest BCUT2D eigenvalue weighted by atomic mass is 9.84. The van der Waals surface area contributed by atoms with Gasteiger partial charge in [-0.15, -0.1) is 0 Å². The molecule has 0 aromatic carbocycles. The fourth-order valence-corrected chi connectivity index (χ4v) is 4.53. The van der Waals surface area contributed by atoms with Crippen molar-refractivity contribution in [2.24, 2.45) is 5.41 Å². The Morgan fingerprint density at radius 3 is 1.25 bits per heavy atom. The van der Waals surface area contributed by atoms with Crippen molar-refractivity contribution >= 4 is 0 Å². The molecule has 0 aromatic heterocycles. The molecule has 0 saturated carbocycles. The Morgan fingerprint density at radius 1 is 0.510 bits per heavy atom. The van der Waals surface area contributed by atoms with E-state index in [1.54, 1.807) is 0 Å². The molecule has 1 atom stereocenters. The Labute approximate surface area is 296 Å². The molecule has 0 aliphatic heterocycles. The molecule has 0 heterocycles. The molecule has 0 aliphatic carbocycles. The number of hydrogen-bond acceptors (Lipinski definition) is 7. The van der Waals surface area contributed by atoms with Gasteiger partial charge in [-0.05, 0) is 117 Å². The van der Waals surface area contributed by atoms with Gasteiger partial charge in [-0.25, -0.2) is 8.78 Å². The van der Waals surface area contributed by atoms with E-state index in [2.05, 4.69) is 14.2 Å². The molecule has 2 N–H and O–H groups in total. The quantitative estimate of drug-likeness (QED) is 0.100. The van der Waals surface area contributed by atoms with Crippen LogP contribution in [0, 0.1) is 5.41 Å². The summed E-state index contributed by atoms with van der Waals surface area (Å²) in [6.45, 7) is 13.6. The van der Waals surface area contributed by atoms with Crippen LogP contribution < -0.4 is 0 Å². The van der Waals surface area contributed by atoms with Gasteiger partial charge in [-0.1, -0.05) is 0 Å². The van der Waals surface area contributed by atoms with Gasteiger partial charge in [0.25, 0.3) is 5.92 Å². The molecule has 7 nitrogen and oxygen atoms in total. The van der Waals surface area contributed by atoms with Crippen LogP contribution in [0.3, 0.4) is 0 Å². The van der Waals surface area contributed by atoms with Crippen molar-refractivity contribution in [3.05, 3.63) is 0 Å². The Hall–Kier alpha value is -0.980. The van der Waals surface area contributed by atoms with E-state index in [1.807, 2.05) is 0 Å². The summed E-state index contributed by atoms with van der Waals surface area (Å²) >= 11 is 0. The van der Waals surface area contributed by atoms with E-state index < -0.39 is 88.1 Å². The number of ether oxygens (including phenoxy) is 5. The lowest BCUT2D eigenvalue weighted by molar-refractivity contribution is -0.443. The minimum Gasteiger partial charge on any atom is -0.390 e. The van der Waals surface area contributed by atoms with E-state index >= 15 is 35.1 Å². The van der Waals surface area contributed by atoms with Gasteiger partial charge in [0.05, 0.1) is 53.6 Å². The second kappa shape index (κ2) is 15.6. The summed E-state index contributed by atoms with van der Waals surface area (Å²) in [5.41, 5.74) is -15.4. The second-order valence-electron chi connectivity index (χ2n) is 17.4. The Kier molecular flexibility index (Phi) is 15.3. The first-order chi connectivity index (χ1) is 21.9. The van der Waals surface area contributed by atoms with Crippen molar-refractivity contribution in [2.75, 3.05) is 13.2 Å². The number of alkyl halides is 10. The van der Waals surface area contributed by atoms with Crippen LogP contribution >= 0.6 is 0 Å². The van der Waals surface area contributed by atoms with Crippen LogP contribution in [0.15, 0.2) is 0 Å². The molecule has 0 rings (SSSR count). The highest BCUT2D eigenvalue weighted by atomic mass is 19.3. The fourth-order valence-electron chi connectivity index (χ4n) is 4.53. The molecule has 17 heteroatoms. The van der Waals surface area contributed by atoms with E-state index in [0.29, 0.717) is 34.6 Å². The number of hydrogen-bond donors (Lipinski definition) is 2. The van der Waals surface area contributed by atoms with E-state index in [-0.39, 0.29) is 39.9 Å². The molecule has 0 bridgehead atoms. The van der Waals surface area contributed by atoms with Crippen molar-refractivity contribution < 1.29 is 77.8 Å². The third-order valence-corrected chi connectivity index (χ3v) is 8.57. The summed E-state index contributed by atoms with van der Waals surface area (Å²) in [7, 11) is 0. The molecule has 1 unspecified atom stereocenters. The molecule has 308 valence electrons. The van der Waals surface area contributed by atoms with Gasteiger partial charge in [0.1, 0.15) is 11.2 Å². The van der Waals surface area contributed by atoms with Crippen LogP contribution in [-0.4, -0.2) is 93.3 Å². The summed E-state index contributed by atoms with van der Waals surface area (Å²) in [6.07, 6.45) is -20.0. The van der Waals surface area contributed by atoms with Gasteiger partial charge in [0, 0.05) is 6.42 Å². The molecular weight excluding hydrogens is 710 g/mol. The molecular formula is C34H60F10O7. The average molecular weight is 771 g/mol. The van der Waals surface area contributed by atoms with Crippen molar-refractivity contribution in [1.29, 1.82) is 0 Å². The van der Waals surface area contributed by atoms with Gasteiger partial charge in [-0.2, -0.15) is 35.1 Å². The predicted octanol–water partition coefficient (Wildman–Crippen LogP) is 9.75. The van der Waals surface area contributed by atoms with Crippen molar-refractivity contribution in [3.8, 4) is 0 Å². The normalized spacial score (nSPS) is 16.5. The highest BCUT2D eigenvalue weighted by Crippen LogP contribution is 2.53. The van der Waals surface area contributed by atoms with E-state index in [9.17, 15) is 19.0 Å². The first-order valence-corrected chi connectivity index (χ1v) is 16.6. The van der Waals surface area contributed by atoms with Gasteiger partial charge < -0.3 is 33.9 Å². The number of aliphatic hydroxyl groups is 2. The molecule has 0 aromatic rings. The molecule has 0 fully saturated rings. The topological polar surface area (TPSA) is 86.6 Å². The number of halogens is 10. The lowest BCUT2D eigenvalue weighted by Crippen LogP contribution is -2.62. The summed E-state index contributed by atoms with van der Waals surface area (Å²) in [5, 5.41) is 19.6. The molecule has 0 spiro atoms. The minimum atomic E-state index is -5.72. The lowest BCUT2D eigenvalue weighted by Gasteiger charge is -2.46. The highest BCUT2D eigenvalue weighted by Gasteiger charge is 2.71. The van der Waals surface area contributed by atoms with Crippen LogP contribution in [0.1, 0.15) is 130 Å². The maximum absolute atomic E-state index is 15.6. The maximum Gasteiger partial charge on any atom is 0.422 e. The Balaban J connectivity index is 5.98. The predicted molar refractivity (Wildman–Crippen MR) is 171 cm³/mol. The van der Waals surface area contributed by atoms with Gasteiger partial charge >= 0.3 is 24.2 Å². The van der Waals surface area contributed by atoms with E-state index in [0.717, 1.165) is 13.8 Å². The first-order valence-electron chi connectivity index (χ1n) is 16.6. The van der Waals surface area contributed by atoms with Gasteiger partial charge in [-0.3, -0.25) is 0 Å². The van der Waals surface area contributed by atoms with Gasteiger partial charge in [0.2, 0.25) is 0 Å². The summed E-state index contributed by atoms with van der Waals surface area (Å²) in [4.78, 5) is 0. The van der Waals surface area contributed by atoms with Crippen LogP contribution in [0.4, 0.5) is 43.9 Å². The van der Waals surface area contributed by atoms with E-state index in [4.69, 9.17) is 9.47 Å². The van der Waals surface area contributed by atoms with Crippen LogP contribution in [0.5, 0.6) is 0 Å². The largest absolute Gasteiger partial charge is 0.422 e. The van der Waals surface area contributed by atoms with Crippen molar-refractivity contribution in [2.45, 2.75) is 199 Å². The van der Waals surface area contributed by atoms with Crippen LogP contribution in [0.25, 0.3) is 0 Å². The van der Waals surface area contributed by atoms with Gasteiger partial charge in [0.15, 0.2) is 0 Å². The van der Waals surface area contributed by atoms with Crippen molar-refractivity contribution in [3.63, 3.8) is 0 Å². The molecule has 0 amide bonds. The smallest absolute Gasteiger partial charge is 0.390 e. The SMILES string of the molecule is CC(OC(F)(F)C(F)(F)C(C)(C)OC(F)(F)CC(C)(C)OCCC(C)(C)O)C(C)(C)C(F)(F)OC(C)(C)C(F)(F)CC(C)(C)OCCC(C)(C)O. The Bertz CT molecular complexity index is 1110.